The van der Waals surface area contributed by atoms with E-state index in [1.807, 2.05) is 19.1 Å². The number of thiocarbonyl (C=S) groups is 1. The van der Waals surface area contributed by atoms with Crippen LogP contribution >= 0.6 is 47.2 Å². The molecule has 1 aromatic heterocycles. The average molecular weight is 439 g/mol. The number of benzene rings is 1. The Balaban J connectivity index is 1.69. The fraction of sp³-hybridized carbons (Fsp3) is 0.0588. The molecule has 2 aromatic rings. The van der Waals surface area contributed by atoms with Gasteiger partial charge >= 0.3 is 6.03 Å². The predicted octanol–water partition coefficient (Wildman–Crippen LogP) is 4.63. The first kappa shape index (κ1) is 19.6. The highest BCUT2D eigenvalue weighted by atomic mass is 35.5. The maximum Gasteiger partial charge on any atom is 0.338 e. The van der Waals surface area contributed by atoms with Gasteiger partial charge < -0.3 is 5.32 Å². The number of nitrogens with one attached hydrogen (secondary N) is 2. The van der Waals surface area contributed by atoms with E-state index in [0.29, 0.717) is 26.3 Å². The molecule has 3 rings (SSSR count). The van der Waals surface area contributed by atoms with Crippen molar-refractivity contribution in [2.75, 3.05) is 5.32 Å². The van der Waals surface area contributed by atoms with Crippen molar-refractivity contribution in [3.63, 3.8) is 0 Å². The Morgan fingerprint density at radius 1 is 1.26 bits per heavy atom. The van der Waals surface area contributed by atoms with Crippen LogP contribution in [0.25, 0.3) is 6.08 Å². The third-order valence-electron chi connectivity index (χ3n) is 3.37. The van der Waals surface area contributed by atoms with Crippen LogP contribution in [0.4, 0.5) is 10.5 Å². The highest BCUT2D eigenvalue weighted by molar-refractivity contribution is 8.26. The quantitative estimate of drug-likeness (QED) is 0.539. The third kappa shape index (κ3) is 4.78. The topological polar surface area (TPSA) is 74.3 Å². The van der Waals surface area contributed by atoms with E-state index in [2.05, 4.69) is 15.7 Å². The maximum absolute atomic E-state index is 12.5. The number of urea groups is 1. The molecule has 138 valence electrons. The molecule has 0 spiro atoms. The molecule has 1 aromatic carbocycles. The summed E-state index contributed by atoms with van der Waals surface area (Å²) in [6.07, 6.45) is 1.63. The molecule has 0 unspecified atom stereocenters. The molecular weight excluding hydrogens is 427 g/mol. The lowest BCUT2D eigenvalue weighted by atomic mass is 10.3. The summed E-state index contributed by atoms with van der Waals surface area (Å²) in [5.41, 5.74) is 4.31. The number of thioether (sulfide) groups is 1. The summed E-state index contributed by atoms with van der Waals surface area (Å²) in [6.45, 7) is 1.86. The minimum absolute atomic E-state index is 0.211. The van der Waals surface area contributed by atoms with E-state index >= 15 is 0 Å². The molecule has 6 nitrogen and oxygen atoms in total. The molecule has 1 fully saturated rings. The highest BCUT2D eigenvalue weighted by Gasteiger charge is 2.33. The number of anilines is 1. The van der Waals surface area contributed by atoms with Crippen molar-refractivity contribution in [3.05, 3.63) is 62.7 Å². The van der Waals surface area contributed by atoms with Crippen LogP contribution in [0.2, 0.25) is 10.0 Å². The van der Waals surface area contributed by atoms with Gasteiger partial charge in [-0.2, -0.15) is 5.01 Å². The van der Waals surface area contributed by atoms with Crippen molar-refractivity contribution in [1.82, 2.24) is 15.4 Å². The number of hydrazine groups is 1. The Hall–Kier alpha value is -2.13. The summed E-state index contributed by atoms with van der Waals surface area (Å²) in [4.78, 5) is 29.4. The fourth-order valence-corrected chi connectivity index (χ4v) is 3.64. The molecule has 1 aliphatic rings. The summed E-state index contributed by atoms with van der Waals surface area (Å²) < 4.78 is 0.211. The lowest BCUT2D eigenvalue weighted by Gasteiger charge is -2.16. The molecule has 0 saturated carbocycles. The zero-order chi connectivity index (χ0) is 19.6. The molecule has 10 heteroatoms. The Bertz CT molecular complexity index is 981. The number of halogens is 2. The number of aromatic nitrogens is 1. The number of carbonyl (C=O) groups is 2. The van der Waals surface area contributed by atoms with Gasteiger partial charge in [-0.3, -0.25) is 9.78 Å². The largest absolute Gasteiger partial charge is 0.338 e. The number of pyridine rings is 1. The van der Waals surface area contributed by atoms with E-state index in [-0.39, 0.29) is 4.32 Å². The van der Waals surface area contributed by atoms with E-state index in [0.717, 1.165) is 22.5 Å². The average Bonchev–Trinajstić information content (AvgIpc) is 2.86. The lowest BCUT2D eigenvalue weighted by molar-refractivity contribution is -0.123. The first-order valence-electron chi connectivity index (χ1n) is 7.58. The van der Waals surface area contributed by atoms with Gasteiger partial charge in [0.2, 0.25) is 0 Å². The van der Waals surface area contributed by atoms with Gasteiger partial charge in [-0.05, 0) is 55.5 Å². The van der Waals surface area contributed by atoms with Crippen LogP contribution in [0.3, 0.4) is 0 Å². The maximum atomic E-state index is 12.5. The molecule has 1 saturated heterocycles. The number of hydrogen-bond donors (Lipinski definition) is 2. The molecule has 3 amide bonds. The molecule has 2 N–H and O–H groups in total. The van der Waals surface area contributed by atoms with Crippen LogP contribution in [-0.2, 0) is 4.79 Å². The molecule has 1 aliphatic heterocycles. The number of nitrogens with zero attached hydrogens (tertiary/aromatic N) is 2. The van der Waals surface area contributed by atoms with Crippen LogP contribution in [0.1, 0.15) is 11.4 Å². The van der Waals surface area contributed by atoms with Gasteiger partial charge in [-0.15, -0.1) is 0 Å². The van der Waals surface area contributed by atoms with Gasteiger partial charge in [-0.25, -0.2) is 10.2 Å². The molecule has 0 radical (unpaired) electrons. The van der Waals surface area contributed by atoms with Crippen molar-refractivity contribution in [2.24, 2.45) is 0 Å². The van der Waals surface area contributed by atoms with Gasteiger partial charge in [-0.1, -0.05) is 41.0 Å². The van der Waals surface area contributed by atoms with Gasteiger partial charge in [0.15, 0.2) is 4.32 Å². The summed E-state index contributed by atoms with van der Waals surface area (Å²) in [5, 5.41) is 4.24. The standard InChI is InChI=1S/C17H12Cl2N4O2S2/c1-9-3-2-4-10(20-9)8-14-15(24)23(17(26)27-14)22-16(25)21-11-5-6-12(18)13(19)7-11/h2-8H,1H3,(H2,21,22,25)/b14-8+. The number of amides is 3. The Morgan fingerprint density at radius 2 is 2.04 bits per heavy atom. The second-order valence-corrected chi connectivity index (χ2v) is 7.91. The fourth-order valence-electron chi connectivity index (χ4n) is 2.18. The van der Waals surface area contributed by atoms with Crippen molar-refractivity contribution >= 4 is 75.2 Å². The number of aryl methyl sites for hydroxylation is 1. The molecule has 0 atom stereocenters. The Kier molecular flexibility index (Phi) is 6.01. The number of hydrogen-bond acceptors (Lipinski definition) is 5. The van der Waals surface area contributed by atoms with Crippen LogP contribution < -0.4 is 10.7 Å². The van der Waals surface area contributed by atoms with E-state index in [9.17, 15) is 9.59 Å². The van der Waals surface area contributed by atoms with E-state index < -0.39 is 11.9 Å². The van der Waals surface area contributed by atoms with Crippen LogP contribution in [0.5, 0.6) is 0 Å². The first-order valence-corrected chi connectivity index (χ1v) is 9.56. The lowest BCUT2D eigenvalue weighted by Crippen LogP contribution is -2.46. The van der Waals surface area contributed by atoms with Crippen molar-refractivity contribution in [2.45, 2.75) is 6.92 Å². The third-order valence-corrected chi connectivity index (χ3v) is 5.41. The van der Waals surface area contributed by atoms with Crippen LogP contribution in [-0.4, -0.2) is 26.3 Å². The Morgan fingerprint density at radius 3 is 2.74 bits per heavy atom. The van der Waals surface area contributed by atoms with Crippen molar-refractivity contribution in [3.8, 4) is 0 Å². The highest BCUT2D eigenvalue weighted by Crippen LogP contribution is 2.31. The molecule has 2 heterocycles. The smallest absolute Gasteiger partial charge is 0.307 e. The van der Waals surface area contributed by atoms with E-state index in [1.54, 1.807) is 24.3 Å². The zero-order valence-corrected chi connectivity index (χ0v) is 17.0. The van der Waals surface area contributed by atoms with Crippen LogP contribution in [0, 0.1) is 6.92 Å². The predicted molar refractivity (Wildman–Crippen MR) is 113 cm³/mol. The summed E-state index contributed by atoms with van der Waals surface area (Å²) >= 11 is 18.0. The van der Waals surface area contributed by atoms with E-state index in [4.69, 9.17) is 35.4 Å². The normalized spacial score (nSPS) is 15.4. The summed E-state index contributed by atoms with van der Waals surface area (Å²) in [5.74, 6) is -0.433. The Labute approximate surface area is 174 Å². The molecule has 0 bridgehead atoms. The molecule has 0 aliphatic carbocycles. The van der Waals surface area contributed by atoms with Crippen LogP contribution in [0.15, 0.2) is 41.3 Å². The molecule has 27 heavy (non-hydrogen) atoms. The molecular formula is C17H12Cl2N4O2S2. The summed E-state index contributed by atoms with van der Waals surface area (Å²) in [6, 6.07) is 9.48. The van der Waals surface area contributed by atoms with Gasteiger partial charge in [0, 0.05) is 11.4 Å². The second-order valence-electron chi connectivity index (χ2n) is 5.42. The SMILES string of the molecule is Cc1cccc(/C=C2/SC(=S)N(NC(=O)Nc3ccc(Cl)c(Cl)c3)C2=O)n1. The van der Waals surface area contributed by atoms with Gasteiger partial charge in [0.05, 0.1) is 20.6 Å². The van der Waals surface area contributed by atoms with Crippen molar-refractivity contribution in [1.29, 1.82) is 0 Å². The second kappa shape index (κ2) is 8.26. The number of rotatable bonds is 3. The van der Waals surface area contributed by atoms with Gasteiger partial charge in [0.25, 0.3) is 5.91 Å². The number of carbonyl (C=O) groups excluding carboxylic acids is 2. The minimum Gasteiger partial charge on any atom is -0.307 e. The first-order chi connectivity index (χ1) is 12.8. The minimum atomic E-state index is -0.639. The monoisotopic (exact) mass is 438 g/mol. The van der Waals surface area contributed by atoms with E-state index in [1.165, 1.54) is 6.07 Å². The van der Waals surface area contributed by atoms with Gasteiger partial charge in [0.1, 0.15) is 0 Å². The zero-order valence-electron chi connectivity index (χ0n) is 13.8. The summed E-state index contributed by atoms with van der Waals surface area (Å²) in [7, 11) is 0. The van der Waals surface area contributed by atoms with Crippen molar-refractivity contribution < 1.29 is 9.59 Å².